The summed E-state index contributed by atoms with van der Waals surface area (Å²) < 4.78 is 10.8. The Morgan fingerprint density at radius 1 is 1.48 bits per heavy atom. The molecular formula is C18H31N3O3S. The molecule has 1 saturated carbocycles. The SMILES string of the molecule is CCNC(=NCC1(O)CCC1SCC)NCCCOCc1ccco1. The molecule has 3 N–H and O–H groups in total. The van der Waals surface area contributed by atoms with E-state index in [1.54, 1.807) is 6.26 Å². The Balaban J connectivity index is 1.65. The van der Waals surface area contributed by atoms with Crippen molar-refractivity contribution >= 4 is 17.7 Å². The molecule has 25 heavy (non-hydrogen) atoms. The number of nitrogens with one attached hydrogen (secondary N) is 2. The molecule has 1 aliphatic carbocycles. The van der Waals surface area contributed by atoms with E-state index in [0.29, 0.717) is 25.0 Å². The Morgan fingerprint density at radius 2 is 2.36 bits per heavy atom. The summed E-state index contributed by atoms with van der Waals surface area (Å²) in [5.74, 6) is 2.64. The minimum atomic E-state index is -0.644. The standard InChI is InChI=1S/C18H31N3O3S/c1-3-19-17(21-14-18(22)9-8-16(18)25-4-2)20-10-6-11-23-13-15-7-5-12-24-15/h5,7,12,16,22H,3-4,6,8-11,13-14H2,1-2H3,(H2,19,20,21). The van der Waals surface area contributed by atoms with E-state index in [9.17, 15) is 5.11 Å². The Kier molecular flexibility index (Phi) is 8.64. The van der Waals surface area contributed by atoms with Crippen molar-refractivity contribution in [3.8, 4) is 0 Å². The third-order valence-corrected chi connectivity index (χ3v) is 5.65. The first kappa shape index (κ1) is 20.1. The first-order chi connectivity index (χ1) is 12.2. The minimum absolute atomic E-state index is 0.319. The molecule has 1 aromatic heterocycles. The van der Waals surface area contributed by atoms with E-state index in [1.807, 2.05) is 30.8 Å². The van der Waals surface area contributed by atoms with Crippen LogP contribution in [-0.4, -0.2) is 53.9 Å². The molecule has 1 fully saturated rings. The Hall–Kier alpha value is -1.18. The molecule has 2 unspecified atom stereocenters. The highest BCUT2D eigenvalue weighted by atomic mass is 32.2. The van der Waals surface area contributed by atoms with E-state index in [-0.39, 0.29) is 0 Å². The summed E-state index contributed by atoms with van der Waals surface area (Å²) in [5, 5.41) is 17.5. The lowest BCUT2D eigenvalue weighted by atomic mass is 9.79. The first-order valence-electron chi connectivity index (χ1n) is 9.14. The van der Waals surface area contributed by atoms with Gasteiger partial charge in [0.2, 0.25) is 0 Å². The van der Waals surface area contributed by atoms with Gasteiger partial charge in [-0.25, -0.2) is 0 Å². The average molecular weight is 370 g/mol. The molecule has 6 nitrogen and oxygen atoms in total. The van der Waals surface area contributed by atoms with Gasteiger partial charge in [0.15, 0.2) is 5.96 Å². The lowest BCUT2D eigenvalue weighted by Crippen LogP contribution is -2.53. The molecule has 0 amide bonds. The fourth-order valence-corrected chi connectivity index (χ4v) is 3.91. The molecule has 142 valence electrons. The highest BCUT2D eigenvalue weighted by Crippen LogP contribution is 2.41. The maximum Gasteiger partial charge on any atom is 0.191 e. The van der Waals surface area contributed by atoms with Crippen LogP contribution >= 0.6 is 11.8 Å². The molecule has 1 aromatic rings. The molecule has 2 atom stereocenters. The second-order valence-electron chi connectivity index (χ2n) is 6.19. The quantitative estimate of drug-likeness (QED) is 0.316. The molecule has 0 saturated heterocycles. The third kappa shape index (κ3) is 6.56. The van der Waals surface area contributed by atoms with Crippen LogP contribution in [0, 0.1) is 0 Å². The van der Waals surface area contributed by atoms with Crippen molar-refractivity contribution < 1.29 is 14.3 Å². The van der Waals surface area contributed by atoms with Gasteiger partial charge >= 0.3 is 0 Å². The van der Waals surface area contributed by atoms with Crippen LogP contribution in [0.1, 0.15) is 38.9 Å². The number of ether oxygens (including phenoxy) is 1. The topological polar surface area (TPSA) is 79.0 Å². The van der Waals surface area contributed by atoms with Gasteiger partial charge in [-0.2, -0.15) is 11.8 Å². The smallest absolute Gasteiger partial charge is 0.191 e. The molecule has 0 spiro atoms. The van der Waals surface area contributed by atoms with E-state index in [2.05, 4.69) is 22.5 Å². The van der Waals surface area contributed by atoms with E-state index in [1.165, 1.54) is 0 Å². The number of aliphatic imine (C=N–C) groups is 1. The molecule has 7 heteroatoms. The van der Waals surface area contributed by atoms with Crippen molar-refractivity contribution in [3.05, 3.63) is 24.2 Å². The van der Waals surface area contributed by atoms with Crippen LogP contribution in [0.25, 0.3) is 0 Å². The van der Waals surface area contributed by atoms with Crippen LogP contribution in [-0.2, 0) is 11.3 Å². The van der Waals surface area contributed by atoms with E-state index < -0.39 is 5.60 Å². The fourth-order valence-electron chi connectivity index (χ4n) is 2.72. The van der Waals surface area contributed by atoms with Gasteiger partial charge in [-0.05, 0) is 44.1 Å². The van der Waals surface area contributed by atoms with Crippen LogP contribution in [0.4, 0.5) is 0 Å². The molecule has 0 aromatic carbocycles. The van der Waals surface area contributed by atoms with Crippen molar-refractivity contribution in [2.45, 2.75) is 50.6 Å². The molecule has 2 rings (SSSR count). The Morgan fingerprint density at radius 3 is 3.00 bits per heavy atom. The van der Waals surface area contributed by atoms with Crippen LogP contribution in [0.5, 0.6) is 0 Å². The minimum Gasteiger partial charge on any atom is -0.467 e. The number of guanidine groups is 1. The van der Waals surface area contributed by atoms with Crippen molar-refractivity contribution in [2.75, 3.05) is 32.0 Å². The fraction of sp³-hybridized carbons (Fsp3) is 0.722. The lowest BCUT2D eigenvalue weighted by Gasteiger charge is -2.44. The average Bonchev–Trinajstić information content (AvgIpc) is 3.12. The van der Waals surface area contributed by atoms with Crippen molar-refractivity contribution in [3.63, 3.8) is 0 Å². The Labute approximate surface area is 154 Å². The molecule has 0 bridgehead atoms. The molecule has 1 heterocycles. The number of furan rings is 1. The number of nitrogens with zero attached hydrogens (tertiary/aromatic N) is 1. The largest absolute Gasteiger partial charge is 0.467 e. The molecule has 1 aliphatic rings. The predicted octanol–water partition coefficient (Wildman–Crippen LogP) is 2.39. The second-order valence-corrected chi connectivity index (χ2v) is 7.67. The maximum absolute atomic E-state index is 10.6. The first-order valence-corrected chi connectivity index (χ1v) is 10.2. The number of hydrogen-bond donors (Lipinski definition) is 3. The van der Waals surface area contributed by atoms with Gasteiger partial charge in [0, 0.05) is 24.9 Å². The zero-order valence-corrected chi connectivity index (χ0v) is 16.1. The summed E-state index contributed by atoms with van der Waals surface area (Å²) >= 11 is 1.83. The van der Waals surface area contributed by atoms with Crippen LogP contribution < -0.4 is 10.6 Å². The van der Waals surface area contributed by atoms with E-state index in [4.69, 9.17) is 9.15 Å². The van der Waals surface area contributed by atoms with Gasteiger partial charge < -0.3 is 24.9 Å². The number of aliphatic hydroxyl groups is 1. The number of rotatable bonds is 11. The number of hydrogen-bond acceptors (Lipinski definition) is 5. The number of thioether (sulfide) groups is 1. The highest BCUT2D eigenvalue weighted by Gasteiger charge is 2.45. The molecule has 0 radical (unpaired) electrons. The van der Waals surface area contributed by atoms with Crippen molar-refractivity contribution in [1.82, 2.24) is 10.6 Å². The summed E-state index contributed by atoms with van der Waals surface area (Å²) in [5.41, 5.74) is -0.644. The summed E-state index contributed by atoms with van der Waals surface area (Å²) in [6.07, 6.45) is 4.46. The second kappa shape index (κ2) is 10.7. The van der Waals surface area contributed by atoms with E-state index in [0.717, 1.165) is 49.8 Å². The van der Waals surface area contributed by atoms with Crippen LogP contribution in [0.15, 0.2) is 27.8 Å². The van der Waals surface area contributed by atoms with Gasteiger partial charge in [-0.1, -0.05) is 6.92 Å². The summed E-state index contributed by atoms with van der Waals surface area (Å²) in [7, 11) is 0. The summed E-state index contributed by atoms with van der Waals surface area (Å²) in [4.78, 5) is 4.57. The molecular weight excluding hydrogens is 338 g/mol. The normalized spacial score (nSPS) is 23.3. The van der Waals surface area contributed by atoms with Gasteiger partial charge in [0.25, 0.3) is 0 Å². The van der Waals surface area contributed by atoms with E-state index >= 15 is 0 Å². The monoisotopic (exact) mass is 369 g/mol. The zero-order chi connectivity index (χ0) is 18.0. The van der Waals surface area contributed by atoms with Gasteiger partial charge in [0.05, 0.1) is 18.4 Å². The van der Waals surface area contributed by atoms with Gasteiger partial charge in [0.1, 0.15) is 12.4 Å². The van der Waals surface area contributed by atoms with Crippen molar-refractivity contribution in [1.29, 1.82) is 0 Å². The summed E-state index contributed by atoms with van der Waals surface area (Å²) in [6, 6.07) is 3.77. The maximum atomic E-state index is 10.6. The van der Waals surface area contributed by atoms with Crippen LogP contribution in [0.2, 0.25) is 0 Å². The van der Waals surface area contributed by atoms with Crippen molar-refractivity contribution in [2.24, 2.45) is 4.99 Å². The Bertz CT molecular complexity index is 510. The lowest BCUT2D eigenvalue weighted by molar-refractivity contribution is -0.0154. The van der Waals surface area contributed by atoms with Gasteiger partial charge in [-0.3, -0.25) is 4.99 Å². The predicted molar refractivity (Wildman–Crippen MR) is 103 cm³/mol. The summed E-state index contributed by atoms with van der Waals surface area (Å²) in [6.45, 7) is 7.36. The zero-order valence-electron chi connectivity index (χ0n) is 15.3. The third-order valence-electron chi connectivity index (χ3n) is 4.24. The highest BCUT2D eigenvalue weighted by molar-refractivity contribution is 8.00. The molecule has 0 aliphatic heterocycles. The van der Waals surface area contributed by atoms with Gasteiger partial charge in [-0.15, -0.1) is 0 Å². The van der Waals surface area contributed by atoms with Crippen LogP contribution in [0.3, 0.4) is 0 Å².